The second-order valence-electron chi connectivity index (χ2n) is 5.35. The van der Waals surface area contributed by atoms with Gasteiger partial charge in [-0.25, -0.2) is 13.2 Å². The third-order valence-electron chi connectivity index (χ3n) is 3.51. The molecule has 130 valence electrons. The minimum absolute atomic E-state index is 0.0909. The Kier molecular flexibility index (Phi) is 4.40. The van der Waals surface area contributed by atoms with Crippen LogP contribution in [0.4, 0.5) is 10.5 Å². The number of urea groups is 1. The molecule has 0 unspecified atom stereocenters. The van der Waals surface area contributed by atoms with E-state index in [4.69, 9.17) is 33.4 Å². The first-order valence-corrected chi connectivity index (χ1v) is 9.60. The summed E-state index contributed by atoms with van der Waals surface area (Å²) >= 11 is 12.1. The minimum Gasteiger partial charge on any atom is -0.454 e. The highest BCUT2D eigenvalue weighted by Crippen LogP contribution is 2.42. The second kappa shape index (κ2) is 6.25. The number of nitrogens with two attached hydrogens (primary N) is 1. The summed E-state index contributed by atoms with van der Waals surface area (Å²) in [6, 6.07) is 8.32. The van der Waals surface area contributed by atoms with Gasteiger partial charge in [0.15, 0.2) is 15.6 Å². The van der Waals surface area contributed by atoms with E-state index in [9.17, 15) is 13.2 Å². The molecule has 3 aromatic rings. The van der Waals surface area contributed by atoms with Gasteiger partial charge in [-0.1, -0.05) is 23.2 Å². The van der Waals surface area contributed by atoms with Crippen LogP contribution in [-0.2, 0) is 9.84 Å². The molecular formula is C16H12Cl2N2O4S. The number of anilines is 1. The summed E-state index contributed by atoms with van der Waals surface area (Å²) in [5, 5.41) is 3.74. The number of rotatable bonds is 3. The monoisotopic (exact) mass is 398 g/mol. The highest BCUT2D eigenvalue weighted by molar-refractivity contribution is 7.90. The molecular weight excluding hydrogens is 387 g/mol. The van der Waals surface area contributed by atoms with Crippen molar-refractivity contribution in [2.24, 2.45) is 5.73 Å². The van der Waals surface area contributed by atoms with Gasteiger partial charge in [0.05, 0.1) is 15.6 Å². The molecule has 0 atom stereocenters. The Morgan fingerprint density at radius 1 is 1.16 bits per heavy atom. The summed E-state index contributed by atoms with van der Waals surface area (Å²) in [6.07, 6.45) is 1.09. The molecule has 0 radical (unpaired) electrons. The lowest BCUT2D eigenvalue weighted by Gasteiger charge is -2.06. The largest absolute Gasteiger partial charge is 0.454 e. The Balaban J connectivity index is 2.31. The molecule has 6 nitrogen and oxygen atoms in total. The summed E-state index contributed by atoms with van der Waals surface area (Å²) in [5.41, 5.74) is 6.29. The predicted molar refractivity (Wildman–Crippen MR) is 98.0 cm³/mol. The molecule has 0 saturated carbocycles. The Labute approximate surface area is 153 Å². The molecule has 0 fully saturated rings. The zero-order valence-corrected chi connectivity index (χ0v) is 15.2. The molecule has 0 aliphatic heterocycles. The number of primary amides is 1. The van der Waals surface area contributed by atoms with Crippen LogP contribution in [0.15, 0.2) is 45.7 Å². The Hall–Kier alpha value is -2.22. The molecule has 0 aliphatic carbocycles. The molecule has 25 heavy (non-hydrogen) atoms. The van der Waals surface area contributed by atoms with Crippen molar-refractivity contribution in [3.63, 3.8) is 0 Å². The van der Waals surface area contributed by atoms with Crippen molar-refractivity contribution >= 4 is 55.7 Å². The average Bonchev–Trinajstić information content (AvgIpc) is 2.83. The summed E-state index contributed by atoms with van der Waals surface area (Å²) in [5.74, 6) is 0.251. The highest BCUT2D eigenvalue weighted by Gasteiger charge is 2.21. The zero-order chi connectivity index (χ0) is 18.4. The molecule has 0 spiro atoms. The summed E-state index contributed by atoms with van der Waals surface area (Å²) in [6.45, 7) is 0. The Bertz CT molecular complexity index is 1110. The fourth-order valence-electron chi connectivity index (χ4n) is 2.42. The number of carbonyl (C=O) groups is 1. The predicted octanol–water partition coefficient (Wildman–Crippen LogP) is 4.30. The number of hydrogen-bond donors (Lipinski definition) is 2. The fourth-order valence-corrected chi connectivity index (χ4v) is 3.55. The van der Waals surface area contributed by atoms with Crippen molar-refractivity contribution in [2.45, 2.75) is 4.90 Å². The van der Waals surface area contributed by atoms with Crippen molar-refractivity contribution in [2.75, 3.05) is 11.6 Å². The third-order valence-corrected chi connectivity index (χ3v) is 5.17. The molecule has 0 aliphatic rings. The number of amides is 2. The van der Waals surface area contributed by atoms with E-state index in [1.807, 2.05) is 0 Å². The average molecular weight is 399 g/mol. The van der Waals surface area contributed by atoms with Crippen molar-refractivity contribution in [1.29, 1.82) is 0 Å². The van der Waals surface area contributed by atoms with E-state index in [-0.39, 0.29) is 16.2 Å². The number of benzene rings is 2. The lowest BCUT2D eigenvalue weighted by molar-refractivity contribution is 0.259. The van der Waals surface area contributed by atoms with Crippen molar-refractivity contribution < 1.29 is 17.6 Å². The molecule has 3 N–H and O–H groups in total. The molecule has 3 rings (SSSR count). The van der Waals surface area contributed by atoms with Gasteiger partial charge in [0.2, 0.25) is 0 Å². The maximum Gasteiger partial charge on any atom is 0.316 e. The van der Waals surface area contributed by atoms with Crippen molar-refractivity contribution in [3.8, 4) is 11.3 Å². The van der Waals surface area contributed by atoms with E-state index in [0.717, 1.165) is 6.26 Å². The fraction of sp³-hybridized carbons (Fsp3) is 0.0625. The number of hydrogen-bond acceptors (Lipinski definition) is 4. The lowest BCUT2D eigenvalue weighted by Crippen LogP contribution is -2.19. The smallest absolute Gasteiger partial charge is 0.316 e. The number of sulfone groups is 1. The van der Waals surface area contributed by atoms with Crippen LogP contribution < -0.4 is 11.1 Å². The van der Waals surface area contributed by atoms with Crippen LogP contribution in [0.25, 0.3) is 22.3 Å². The Morgan fingerprint density at radius 2 is 1.88 bits per heavy atom. The van der Waals surface area contributed by atoms with Gasteiger partial charge in [-0.15, -0.1) is 0 Å². The Morgan fingerprint density at radius 3 is 2.48 bits per heavy atom. The summed E-state index contributed by atoms with van der Waals surface area (Å²) in [4.78, 5) is 11.5. The number of furan rings is 1. The van der Waals surface area contributed by atoms with E-state index < -0.39 is 15.9 Å². The van der Waals surface area contributed by atoms with Crippen molar-refractivity contribution in [1.82, 2.24) is 0 Å². The van der Waals surface area contributed by atoms with Crippen molar-refractivity contribution in [3.05, 3.63) is 46.4 Å². The van der Waals surface area contributed by atoms with E-state index in [0.29, 0.717) is 26.7 Å². The number of nitrogens with one attached hydrogen (secondary N) is 1. The van der Waals surface area contributed by atoms with Crippen LogP contribution in [0, 0.1) is 0 Å². The van der Waals surface area contributed by atoms with E-state index in [2.05, 4.69) is 5.32 Å². The first-order chi connectivity index (χ1) is 11.7. The SMILES string of the molecule is CS(=O)(=O)c1ccc2c(NC(N)=O)c(-c3ccc(Cl)cc3Cl)oc2c1. The number of fused-ring (bicyclic) bond motifs is 1. The maximum absolute atomic E-state index is 11.7. The molecule has 2 aromatic carbocycles. The quantitative estimate of drug-likeness (QED) is 0.685. The first kappa shape index (κ1) is 17.6. The lowest BCUT2D eigenvalue weighted by atomic mass is 10.1. The van der Waals surface area contributed by atoms with Gasteiger partial charge in [0.25, 0.3) is 0 Å². The number of carbonyl (C=O) groups excluding carboxylic acids is 1. The molecule has 1 heterocycles. The van der Waals surface area contributed by atoms with Crippen LogP contribution >= 0.6 is 23.2 Å². The van der Waals surface area contributed by atoms with Gasteiger partial charge < -0.3 is 15.5 Å². The second-order valence-corrected chi connectivity index (χ2v) is 8.21. The standard InChI is InChI=1S/C16H12Cl2N2O4S/c1-25(22,23)9-3-5-11-13(7-9)24-15(14(11)20-16(19)21)10-4-2-8(17)6-12(10)18/h2-7H,1H3,(H3,19,20,21). The van der Waals surface area contributed by atoms with Gasteiger partial charge in [0.1, 0.15) is 5.58 Å². The minimum atomic E-state index is -3.41. The van der Waals surface area contributed by atoms with E-state index >= 15 is 0 Å². The molecule has 0 saturated heterocycles. The molecule has 9 heteroatoms. The molecule has 2 amide bonds. The first-order valence-electron chi connectivity index (χ1n) is 6.95. The topological polar surface area (TPSA) is 102 Å². The highest BCUT2D eigenvalue weighted by atomic mass is 35.5. The van der Waals surface area contributed by atoms with Crippen LogP contribution in [0.1, 0.15) is 0 Å². The summed E-state index contributed by atoms with van der Waals surface area (Å²) in [7, 11) is -3.41. The van der Waals surface area contributed by atoms with E-state index in [1.165, 1.54) is 24.3 Å². The maximum atomic E-state index is 11.7. The zero-order valence-electron chi connectivity index (χ0n) is 12.8. The van der Waals surface area contributed by atoms with Gasteiger partial charge in [-0.2, -0.15) is 0 Å². The number of halogens is 2. The molecule has 1 aromatic heterocycles. The summed E-state index contributed by atoms with van der Waals surface area (Å²) < 4.78 is 29.3. The van der Waals surface area contributed by atoms with Crippen LogP contribution in [0.3, 0.4) is 0 Å². The van der Waals surface area contributed by atoms with Gasteiger partial charge in [-0.05, 0) is 30.3 Å². The molecule has 0 bridgehead atoms. The normalized spacial score (nSPS) is 11.6. The van der Waals surface area contributed by atoms with Gasteiger partial charge in [-0.3, -0.25) is 0 Å². The van der Waals surface area contributed by atoms with Crippen LogP contribution in [0.5, 0.6) is 0 Å². The third kappa shape index (κ3) is 3.44. The van der Waals surface area contributed by atoms with Gasteiger partial charge >= 0.3 is 6.03 Å². The van der Waals surface area contributed by atoms with Crippen LogP contribution in [-0.4, -0.2) is 20.7 Å². The van der Waals surface area contributed by atoms with E-state index in [1.54, 1.807) is 12.1 Å². The van der Waals surface area contributed by atoms with Gasteiger partial charge in [0, 0.05) is 28.3 Å². The van der Waals surface area contributed by atoms with Crippen LogP contribution in [0.2, 0.25) is 10.0 Å².